The van der Waals surface area contributed by atoms with E-state index < -0.39 is 0 Å². The van der Waals surface area contributed by atoms with E-state index in [9.17, 15) is 4.79 Å². The van der Waals surface area contributed by atoms with E-state index in [0.717, 1.165) is 24.4 Å². The van der Waals surface area contributed by atoms with E-state index in [1.165, 1.54) is 11.3 Å². The SMILES string of the molecule is Cc1nc(C(=O)N2CCCC(Oc3ncccn3)C2)cs1. The molecule has 7 heteroatoms. The molecule has 0 spiro atoms. The van der Waals surface area contributed by atoms with Crippen molar-refractivity contribution in [2.45, 2.75) is 25.9 Å². The minimum Gasteiger partial charge on any atom is -0.458 e. The van der Waals surface area contributed by atoms with E-state index in [2.05, 4.69) is 15.0 Å². The Labute approximate surface area is 126 Å². The lowest BCUT2D eigenvalue weighted by Crippen LogP contribution is -2.44. The standard InChI is InChI=1S/C14H16N4O2S/c1-10-17-12(9-21-10)13(19)18-7-2-4-11(8-18)20-14-15-5-3-6-16-14/h3,5-6,9,11H,2,4,7-8H2,1H3. The van der Waals surface area contributed by atoms with E-state index in [0.29, 0.717) is 18.2 Å². The Hall–Kier alpha value is -2.02. The Morgan fingerprint density at radius 1 is 1.43 bits per heavy atom. The van der Waals surface area contributed by atoms with Gasteiger partial charge in [0.2, 0.25) is 0 Å². The first kappa shape index (κ1) is 13.9. The van der Waals surface area contributed by atoms with Gasteiger partial charge in [-0.2, -0.15) is 0 Å². The number of ether oxygens (including phenoxy) is 1. The second-order valence-electron chi connectivity index (χ2n) is 4.92. The fourth-order valence-electron chi connectivity index (χ4n) is 2.34. The van der Waals surface area contributed by atoms with Crippen LogP contribution in [0.25, 0.3) is 0 Å². The number of nitrogens with zero attached hydrogens (tertiary/aromatic N) is 4. The maximum atomic E-state index is 12.4. The average Bonchev–Trinajstić information content (AvgIpc) is 2.94. The number of aryl methyl sites for hydroxylation is 1. The number of carbonyl (C=O) groups excluding carboxylic acids is 1. The summed E-state index contributed by atoms with van der Waals surface area (Å²) in [6.45, 7) is 3.19. The first-order valence-corrected chi connectivity index (χ1v) is 7.75. The number of hydrogen-bond donors (Lipinski definition) is 0. The van der Waals surface area contributed by atoms with Gasteiger partial charge in [0, 0.05) is 24.3 Å². The van der Waals surface area contributed by atoms with Gasteiger partial charge in [-0.1, -0.05) is 0 Å². The monoisotopic (exact) mass is 304 g/mol. The van der Waals surface area contributed by atoms with Crippen LogP contribution in [0.3, 0.4) is 0 Å². The third kappa shape index (κ3) is 3.36. The fourth-order valence-corrected chi connectivity index (χ4v) is 2.92. The molecule has 3 heterocycles. The number of aromatic nitrogens is 3. The highest BCUT2D eigenvalue weighted by Gasteiger charge is 2.27. The third-order valence-electron chi connectivity index (χ3n) is 3.32. The molecule has 3 rings (SSSR count). The van der Waals surface area contributed by atoms with E-state index in [1.807, 2.05) is 12.3 Å². The number of likely N-dealkylation sites (tertiary alicyclic amines) is 1. The second-order valence-corrected chi connectivity index (χ2v) is 5.98. The van der Waals surface area contributed by atoms with Crippen LogP contribution < -0.4 is 4.74 Å². The van der Waals surface area contributed by atoms with Crippen molar-refractivity contribution in [1.29, 1.82) is 0 Å². The quantitative estimate of drug-likeness (QED) is 0.866. The summed E-state index contributed by atoms with van der Waals surface area (Å²) in [7, 11) is 0. The van der Waals surface area contributed by atoms with Gasteiger partial charge >= 0.3 is 6.01 Å². The van der Waals surface area contributed by atoms with E-state index in [-0.39, 0.29) is 12.0 Å². The van der Waals surface area contributed by atoms with Gasteiger partial charge in [-0.15, -0.1) is 11.3 Å². The van der Waals surface area contributed by atoms with Crippen LogP contribution in [0.4, 0.5) is 0 Å². The summed E-state index contributed by atoms with van der Waals surface area (Å²) in [5.74, 6) is -0.0263. The first-order chi connectivity index (χ1) is 10.2. The van der Waals surface area contributed by atoms with Crippen molar-refractivity contribution in [2.75, 3.05) is 13.1 Å². The molecule has 0 N–H and O–H groups in total. The van der Waals surface area contributed by atoms with Gasteiger partial charge < -0.3 is 9.64 Å². The number of rotatable bonds is 3. The Bertz CT molecular complexity index is 616. The van der Waals surface area contributed by atoms with Gasteiger partial charge in [0.05, 0.1) is 11.6 Å². The number of amides is 1. The molecular weight excluding hydrogens is 288 g/mol. The zero-order valence-corrected chi connectivity index (χ0v) is 12.5. The summed E-state index contributed by atoms with van der Waals surface area (Å²) >= 11 is 1.49. The lowest BCUT2D eigenvalue weighted by atomic mass is 10.1. The van der Waals surface area contributed by atoms with Crippen LogP contribution >= 0.6 is 11.3 Å². The van der Waals surface area contributed by atoms with Crippen molar-refractivity contribution >= 4 is 17.2 Å². The van der Waals surface area contributed by atoms with Gasteiger partial charge in [0.25, 0.3) is 5.91 Å². The number of hydrogen-bond acceptors (Lipinski definition) is 6. The van der Waals surface area contributed by atoms with Crippen molar-refractivity contribution in [3.05, 3.63) is 34.5 Å². The predicted octanol–water partition coefficient (Wildman–Crippen LogP) is 1.93. The van der Waals surface area contributed by atoms with Crippen molar-refractivity contribution < 1.29 is 9.53 Å². The fraction of sp³-hybridized carbons (Fsp3) is 0.429. The molecule has 6 nitrogen and oxygen atoms in total. The van der Waals surface area contributed by atoms with Crippen molar-refractivity contribution in [3.63, 3.8) is 0 Å². The largest absolute Gasteiger partial charge is 0.458 e. The predicted molar refractivity (Wildman–Crippen MR) is 78.4 cm³/mol. The molecule has 0 aromatic carbocycles. The molecule has 2 aromatic heterocycles. The summed E-state index contributed by atoms with van der Waals surface area (Å²) in [6.07, 6.45) is 5.03. The van der Waals surface area contributed by atoms with Crippen LogP contribution in [0.2, 0.25) is 0 Å². The lowest BCUT2D eigenvalue weighted by Gasteiger charge is -2.31. The highest BCUT2D eigenvalue weighted by Crippen LogP contribution is 2.18. The maximum absolute atomic E-state index is 12.4. The molecule has 1 fully saturated rings. The zero-order chi connectivity index (χ0) is 14.7. The van der Waals surface area contributed by atoms with E-state index >= 15 is 0 Å². The molecule has 1 saturated heterocycles. The zero-order valence-electron chi connectivity index (χ0n) is 11.7. The smallest absolute Gasteiger partial charge is 0.316 e. The highest BCUT2D eigenvalue weighted by molar-refractivity contribution is 7.09. The summed E-state index contributed by atoms with van der Waals surface area (Å²) in [4.78, 5) is 26.6. The molecule has 1 unspecified atom stereocenters. The molecule has 1 aliphatic heterocycles. The third-order valence-corrected chi connectivity index (χ3v) is 4.09. The molecule has 1 aliphatic rings. The van der Waals surface area contributed by atoms with Crippen molar-refractivity contribution in [2.24, 2.45) is 0 Å². The van der Waals surface area contributed by atoms with Crippen LogP contribution in [0.1, 0.15) is 28.3 Å². The normalized spacial score (nSPS) is 18.5. The molecule has 2 aromatic rings. The maximum Gasteiger partial charge on any atom is 0.316 e. The van der Waals surface area contributed by atoms with Gasteiger partial charge in [-0.3, -0.25) is 4.79 Å². The summed E-state index contributed by atoms with van der Waals surface area (Å²) in [5.41, 5.74) is 0.522. The Kier molecular flexibility index (Phi) is 4.10. The Morgan fingerprint density at radius 3 is 2.95 bits per heavy atom. The van der Waals surface area contributed by atoms with Crippen LogP contribution in [0.5, 0.6) is 6.01 Å². The lowest BCUT2D eigenvalue weighted by molar-refractivity contribution is 0.0511. The highest BCUT2D eigenvalue weighted by atomic mass is 32.1. The summed E-state index contributed by atoms with van der Waals surface area (Å²) in [5, 5.41) is 2.71. The van der Waals surface area contributed by atoms with E-state index in [4.69, 9.17) is 4.74 Å². The topological polar surface area (TPSA) is 68.2 Å². The van der Waals surface area contributed by atoms with Gasteiger partial charge in [-0.05, 0) is 25.8 Å². The Balaban J connectivity index is 1.64. The van der Waals surface area contributed by atoms with Crippen LogP contribution in [-0.2, 0) is 0 Å². The molecule has 110 valence electrons. The molecule has 1 amide bonds. The molecule has 0 bridgehead atoms. The summed E-state index contributed by atoms with van der Waals surface area (Å²) in [6, 6.07) is 2.11. The second kappa shape index (κ2) is 6.17. The molecular formula is C14H16N4O2S. The molecule has 0 aliphatic carbocycles. The molecule has 21 heavy (non-hydrogen) atoms. The van der Waals surface area contributed by atoms with Crippen LogP contribution in [0, 0.1) is 6.92 Å². The van der Waals surface area contributed by atoms with Gasteiger partial charge in [-0.25, -0.2) is 15.0 Å². The first-order valence-electron chi connectivity index (χ1n) is 6.87. The summed E-state index contributed by atoms with van der Waals surface area (Å²) < 4.78 is 5.74. The van der Waals surface area contributed by atoms with Crippen LogP contribution in [-0.4, -0.2) is 45.0 Å². The molecule has 0 saturated carbocycles. The van der Waals surface area contributed by atoms with Crippen molar-refractivity contribution in [1.82, 2.24) is 19.9 Å². The minimum atomic E-state index is -0.0650. The number of piperidine rings is 1. The number of thiazole rings is 1. The van der Waals surface area contributed by atoms with E-state index in [1.54, 1.807) is 23.4 Å². The number of carbonyl (C=O) groups is 1. The Morgan fingerprint density at radius 2 is 2.24 bits per heavy atom. The van der Waals surface area contributed by atoms with Crippen LogP contribution in [0.15, 0.2) is 23.8 Å². The van der Waals surface area contributed by atoms with Crippen molar-refractivity contribution in [3.8, 4) is 6.01 Å². The molecule has 1 atom stereocenters. The molecule has 0 radical (unpaired) electrons. The minimum absolute atomic E-state index is 0.0263. The van der Waals surface area contributed by atoms with Gasteiger partial charge in [0.15, 0.2) is 0 Å². The average molecular weight is 304 g/mol. The van der Waals surface area contributed by atoms with Gasteiger partial charge in [0.1, 0.15) is 11.8 Å².